The predicted octanol–water partition coefficient (Wildman–Crippen LogP) is 2.99. The molecule has 2 amide bonds. The van der Waals surface area contributed by atoms with Crippen molar-refractivity contribution in [1.29, 1.82) is 4.78 Å². The molecule has 1 aliphatic heterocycles. The second kappa shape index (κ2) is 7.84. The highest BCUT2D eigenvalue weighted by Gasteiger charge is 2.34. The van der Waals surface area contributed by atoms with E-state index in [1.54, 1.807) is 24.3 Å². The van der Waals surface area contributed by atoms with Crippen LogP contribution in [0.3, 0.4) is 0 Å². The van der Waals surface area contributed by atoms with E-state index < -0.39 is 9.73 Å². The fourth-order valence-corrected chi connectivity index (χ4v) is 4.29. The van der Waals surface area contributed by atoms with E-state index in [1.165, 1.54) is 11.8 Å². The summed E-state index contributed by atoms with van der Waals surface area (Å²) >= 11 is 5.91. The van der Waals surface area contributed by atoms with E-state index in [4.69, 9.17) is 16.4 Å². The van der Waals surface area contributed by atoms with Crippen molar-refractivity contribution < 1.29 is 13.8 Å². The Morgan fingerprint density at radius 1 is 1.32 bits per heavy atom. The second-order valence-electron chi connectivity index (χ2n) is 6.50. The van der Waals surface area contributed by atoms with Crippen LogP contribution in [0.15, 0.2) is 29.4 Å². The molecule has 0 fully saturated rings. The van der Waals surface area contributed by atoms with Crippen LogP contribution >= 0.6 is 11.6 Å². The maximum absolute atomic E-state index is 12.7. The van der Waals surface area contributed by atoms with Gasteiger partial charge >= 0.3 is 0 Å². The summed E-state index contributed by atoms with van der Waals surface area (Å²) < 4.78 is 20.9. The summed E-state index contributed by atoms with van der Waals surface area (Å²) in [5.74, 6) is -0.0751. The Morgan fingerprint density at radius 3 is 2.61 bits per heavy atom. The zero-order chi connectivity index (χ0) is 20.5. The van der Waals surface area contributed by atoms with Crippen LogP contribution in [0.2, 0.25) is 5.02 Å². The molecule has 2 aromatic rings. The Kier molecular flexibility index (Phi) is 5.66. The van der Waals surface area contributed by atoms with E-state index in [2.05, 4.69) is 15.3 Å². The number of carbonyl (C=O) groups excluding carboxylic acids is 2. The minimum Gasteiger partial charge on any atom is -0.310 e. The van der Waals surface area contributed by atoms with Gasteiger partial charge in [0.15, 0.2) is 0 Å². The van der Waals surface area contributed by atoms with Gasteiger partial charge in [-0.1, -0.05) is 30.7 Å². The van der Waals surface area contributed by atoms with Crippen molar-refractivity contribution in [3.05, 3.63) is 40.4 Å². The minimum absolute atomic E-state index is 0.0196. The van der Waals surface area contributed by atoms with E-state index in [1.807, 2.05) is 6.92 Å². The molecule has 0 bridgehead atoms. The van der Waals surface area contributed by atoms with E-state index in [-0.39, 0.29) is 47.3 Å². The second-order valence-corrected chi connectivity index (χ2v) is 9.06. The molecule has 1 aromatic carbocycles. The monoisotopic (exact) mass is 421 g/mol. The zero-order valence-electron chi connectivity index (χ0n) is 15.5. The predicted molar refractivity (Wildman–Crippen MR) is 107 cm³/mol. The van der Waals surface area contributed by atoms with Crippen LogP contribution in [0.4, 0.5) is 11.6 Å². The number of aromatic nitrogens is 2. The molecule has 1 aliphatic rings. The lowest BCUT2D eigenvalue weighted by Gasteiger charge is -2.18. The van der Waals surface area contributed by atoms with Gasteiger partial charge in [0.25, 0.3) is 0 Å². The van der Waals surface area contributed by atoms with Gasteiger partial charge in [0.1, 0.15) is 21.4 Å². The number of anilines is 2. The molecule has 0 spiro atoms. The van der Waals surface area contributed by atoms with Gasteiger partial charge in [-0.05, 0) is 24.1 Å². The first kappa shape index (κ1) is 20.2. The third-order valence-corrected chi connectivity index (χ3v) is 6.19. The van der Waals surface area contributed by atoms with Gasteiger partial charge < -0.3 is 5.32 Å². The maximum atomic E-state index is 12.7. The fourth-order valence-electron chi connectivity index (χ4n) is 2.93. The molecule has 2 N–H and O–H groups in total. The van der Waals surface area contributed by atoms with Crippen molar-refractivity contribution in [2.24, 2.45) is 0 Å². The SMILES string of the molecule is CCCS(=N)(=O)c1nc(NC(C)=O)c2c(n1)N(Cc1ccc(Cl)cc1)C(=O)C2. The van der Waals surface area contributed by atoms with E-state index in [0.717, 1.165) is 5.56 Å². The average molecular weight is 422 g/mol. The van der Waals surface area contributed by atoms with E-state index in [9.17, 15) is 13.8 Å². The number of fused-ring (bicyclic) bond motifs is 1. The standard InChI is InChI=1S/C18H20ClN5O3S/c1-3-8-28(20,27)18-22-16(21-11(2)25)14-9-15(26)24(17(14)23-18)10-12-4-6-13(19)7-5-12/h4-7,20H,3,8-10H2,1-2H3,(H,21,22,23,25). The topological polar surface area (TPSA) is 116 Å². The number of amides is 2. The van der Waals surface area contributed by atoms with Crippen LogP contribution in [-0.4, -0.2) is 31.7 Å². The van der Waals surface area contributed by atoms with Crippen molar-refractivity contribution >= 4 is 44.8 Å². The maximum Gasteiger partial charge on any atom is 0.233 e. The smallest absolute Gasteiger partial charge is 0.233 e. The van der Waals surface area contributed by atoms with Gasteiger partial charge in [0, 0.05) is 23.3 Å². The molecule has 1 aromatic heterocycles. The Balaban J connectivity index is 2.08. The summed E-state index contributed by atoms with van der Waals surface area (Å²) in [6.45, 7) is 3.37. The molecule has 1 atom stereocenters. The van der Waals surface area contributed by atoms with Crippen LogP contribution < -0.4 is 10.2 Å². The first-order valence-corrected chi connectivity index (χ1v) is 10.8. The summed E-state index contributed by atoms with van der Waals surface area (Å²) in [6, 6.07) is 7.05. The summed E-state index contributed by atoms with van der Waals surface area (Å²) in [5.41, 5.74) is 1.30. The Labute approximate surface area is 168 Å². The van der Waals surface area contributed by atoms with Crippen LogP contribution in [-0.2, 0) is 32.3 Å². The molecule has 148 valence electrons. The number of carbonyl (C=O) groups is 2. The van der Waals surface area contributed by atoms with Gasteiger partial charge in [-0.3, -0.25) is 14.5 Å². The molecule has 28 heavy (non-hydrogen) atoms. The van der Waals surface area contributed by atoms with Crippen molar-refractivity contribution in [3.8, 4) is 0 Å². The Morgan fingerprint density at radius 2 is 2.00 bits per heavy atom. The molecule has 0 saturated carbocycles. The van der Waals surface area contributed by atoms with Crippen LogP contribution in [0, 0.1) is 4.78 Å². The molecule has 1 unspecified atom stereocenters. The van der Waals surface area contributed by atoms with Crippen molar-refractivity contribution in [2.45, 2.75) is 38.4 Å². The van der Waals surface area contributed by atoms with Gasteiger partial charge in [0.05, 0.1) is 13.0 Å². The largest absolute Gasteiger partial charge is 0.310 e. The minimum atomic E-state index is -3.24. The number of hydrogen-bond donors (Lipinski definition) is 2. The Hall–Kier alpha value is -2.52. The number of hydrogen-bond acceptors (Lipinski definition) is 6. The highest BCUT2D eigenvalue weighted by atomic mass is 35.5. The van der Waals surface area contributed by atoms with E-state index in [0.29, 0.717) is 17.0 Å². The number of nitrogens with one attached hydrogen (secondary N) is 2. The molecule has 0 radical (unpaired) electrons. The zero-order valence-corrected chi connectivity index (χ0v) is 17.1. The fraction of sp³-hybridized carbons (Fsp3) is 0.333. The lowest BCUT2D eigenvalue weighted by molar-refractivity contribution is -0.117. The Bertz CT molecular complexity index is 1040. The molecule has 3 rings (SSSR count). The van der Waals surface area contributed by atoms with Crippen molar-refractivity contribution in [3.63, 3.8) is 0 Å². The van der Waals surface area contributed by atoms with Gasteiger partial charge in [-0.25, -0.2) is 19.0 Å². The van der Waals surface area contributed by atoms with Gasteiger partial charge in [-0.15, -0.1) is 0 Å². The number of benzene rings is 1. The molecular formula is C18H20ClN5O3S. The lowest BCUT2D eigenvalue weighted by atomic mass is 10.2. The van der Waals surface area contributed by atoms with Gasteiger partial charge in [0.2, 0.25) is 17.0 Å². The third-order valence-electron chi connectivity index (χ3n) is 4.18. The summed E-state index contributed by atoms with van der Waals surface area (Å²) in [7, 11) is -3.24. The summed E-state index contributed by atoms with van der Waals surface area (Å²) in [6.07, 6.45) is 0.539. The molecule has 2 heterocycles. The number of halogens is 1. The molecule has 0 aliphatic carbocycles. The summed E-state index contributed by atoms with van der Waals surface area (Å²) in [5, 5.41) is 2.99. The van der Waals surface area contributed by atoms with Crippen molar-refractivity contribution in [1.82, 2.24) is 9.97 Å². The van der Waals surface area contributed by atoms with Crippen molar-refractivity contribution in [2.75, 3.05) is 16.0 Å². The third kappa shape index (κ3) is 4.15. The first-order chi connectivity index (χ1) is 13.2. The molecular weight excluding hydrogens is 402 g/mol. The molecule has 0 saturated heterocycles. The number of rotatable bonds is 6. The van der Waals surface area contributed by atoms with E-state index >= 15 is 0 Å². The summed E-state index contributed by atoms with van der Waals surface area (Å²) in [4.78, 5) is 34.1. The number of nitrogens with zero attached hydrogens (tertiary/aromatic N) is 3. The van der Waals surface area contributed by atoms with Crippen LogP contribution in [0.5, 0.6) is 0 Å². The van der Waals surface area contributed by atoms with Crippen LogP contribution in [0.25, 0.3) is 0 Å². The van der Waals surface area contributed by atoms with Gasteiger partial charge in [-0.2, -0.15) is 0 Å². The quantitative estimate of drug-likeness (QED) is 0.695. The highest BCUT2D eigenvalue weighted by Crippen LogP contribution is 2.34. The highest BCUT2D eigenvalue weighted by molar-refractivity contribution is 7.92. The normalized spacial score (nSPS) is 15.2. The molecule has 8 nitrogen and oxygen atoms in total. The lowest BCUT2D eigenvalue weighted by Crippen LogP contribution is -2.27. The average Bonchev–Trinajstić information content (AvgIpc) is 2.92. The van der Waals surface area contributed by atoms with Crippen LogP contribution in [0.1, 0.15) is 31.4 Å². The first-order valence-electron chi connectivity index (χ1n) is 8.71. The molecule has 10 heteroatoms.